The molecule has 1 saturated heterocycles. The summed E-state index contributed by atoms with van der Waals surface area (Å²) in [4.78, 5) is 41.8. The van der Waals surface area contributed by atoms with Gasteiger partial charge in [0.1, 0.15) is 0 Å². The molecule has 1 rings (SSSR count). The highest BCUT2D eigenvalue weighted by atomic mass is 16.3. The molecular weight excluding hydrogens is 250 g/mol. The number of hydrogen-bond donors (Lipinski definition) is 1. The average molecular weight is 269 g/mol. The summed E-state index contributed by atoms with van der Waals surface area (Å²) in [6.45, 7) is 2.16. The third-order valence-electron chi connectivity index (χ3n) is 3.06. The maximum atomic E-state index is 12.1. The number of carbonyl (C=O) groups is 3. The number of aliphatic hydroxyl groups excluding tert-OH is 1. The molecule has 1 fully saturated rings. The number of hydrogen-bond acceptors (Lipinski definition) is 5. The fourth-order valence-electron chi connectivity index (χ4n) is 1.89. The van der Waals surface area contributed by atoms with Gasteiger partial charge in [-0.2, -0.15) is 0 Å². The SMILES string of the molecule is CCC(=NCCCO)C1C(=O)N(C)C(=O)N(C)C1=O. The van der Waals surface area contributed by atoms with Gasteiger partial charge < -0.3 is 5.11 Å². The molecule has 0 aliphatic carbocycles. The lowest BCUT2D eigenvalue weighted by atomic mass is 9.96. The standard InChI is InChI=1S/C12H19N3O4/c1-4-8(13-6-5-7-16)9-10(17)14(2)12(19)15(3)11(9)18/h9,16H,4-7H2,1-3H3. The van der Waals surface area contributed by atoms with Gasteiger partial charge in [-0.25, -0.2) is 4.79 Å². The van der Waals surface area contributed by atoms with Gasteiger partial charge in [-0.1, -0.05) is 6.92 Å². The van der Waals surface area contributed by atoms with Crippen molar-refractivity contribution < 1.29 is 19.5 Å². The van der Waals surface area contributed by atoms with E-state index in [4.69, 9.17) is 5.11 Å². The van der Waals surface area contributed by atoms with Crippen LogP contribution in [-0.2, 0) is 9.59 Å². The Kier molecular flexibility index (Phi) is 5.17. The van der Waals surface area contributed by atoms with Gasteiger partial charge in [0.15, 0.2) is 5.92 Å². The molecule has 0 radical (unpaired) electrons. The van der Waals surface area contributed by atoms with Crippen molar-refractivity contribution in [3.63, 3.8) is 0 Å². The number of amides is 4. The van der Waals surface area contributed by atoms with Crippen molar-refractivity contribution in [2.75, 3.05) is 27.2 Å². The van der Waals surface area contributed by atoms with Crippen LogP contribution in [0.3, 0.4) is 0 Å². The molecule has 1 N–H and O–H groups in total. The molecule has 106 valence electrons. The van der Waals surface area contributed by atoms with Gasteiger partial charge in [-0.05, 0) is 12.8 Å². The minimum Gasteiger partial charge on any atom is -0.396 e. The van der Waals surface area contributed by atoms with Crippen molar-refractivity contribution >= 4 is 23.6 Å². The van der Waals surface area contributed by atoms with E-state index in [0.717, 1.165) is 9.80 Å². The number of nitrogens with zero attached hydrogens (tertiary/aromatic N) is 3. The van der Waals surface area contributed by atoms with Crippen LogP contribution in [0, 0.1) is 5.92 Å². The van der Waals surface area contributed by atoms with Crippen LogP contribution in [0.25, 0.3) is 0 Å². The number of carbonyl (C=O) groups excluding carboxylic acids is 3. The van der Waals surface area contributed by atoms with E-state index in [1.54, 1.807) is 6.92 Å². The van der Waals surface area contributed by atoms with Crippen molar-refractivity contribution in [2.24, 2.45) is 10.9 Å². The zero-order valence-electron chi connectivity index (χ0n) is 11.4. The van der Waals surface area contributed by atoms with Crippen LogP contribution in [-0.4, -0.2) is 65.7 Å². The Labute approximate surface area is 111 Å². The quantitative estimate of drug-likeness (QED) is 0.428. The molecule has 0 saturated carbocycles. The fourth-order valence-corrected chi connectivity index (χ4v) is 1.89. The van der Waals surface area contributed by atoms with Crippen LogP contribution >= 0.6 is 0 Å². The lowest BCUT2D eigenvalue weighted by Crippen LogP contribution is -2.58. The molecule has 0 spiro atoms. The van der Waals surface area contributed by atoms with Crippen molar-refractivity contribution in [3.8, 4) is 0 Å². The topological polar surface area (TPSA) is 90.3 Å². The lowest BCUT2D eigenvalue weighted by Gasteiger charge is -2.33. The highest BCUT2D eigenvalue weighted by molar-refractivity contribution is 6.27. The van der Waals surface area contributed by atoms with Gasteiger partial charge in [0.25, 0.3) is 0 Å². The summed E-state index contributed by atoms with van der Waals surface area (Å²) < 4.78 is 0. The molecular formula is C12H19N3O4. The van der Waals surface area contributed by atoms with Crippen molar-refractivity contribution in [2.45, 2.75) is 19.8 Å². The second-order valence-electron chi connectivity index (χ2n) is 4.31. The predicted molar refractivity (Wildman–Crippen MR) is 68.7 cm³/mol. The molecule has 0 unspecified atom stereocenters. The van der Waals surface area contributed by atoms with Crippen molar-refractivity contribution in [1.82, 2.24) is 9.80 Å². The van der Waals surface area contributed by atoms with Crippen LogP contribution in [0.2, 0.25) is 0 Å². The minimum atomic E-state index is -1.02. The Morgan fingerprint density at radius 3 is 2.16 bits per heavy atom. The van der Waals surface area contributed by atoms with Gasteiger partial charge in [-0.15, -0.1) is 0 Å². The van der Waals surface area contributed by atoms with Gasteiger partial charge in [0.2, 0.25) is 11.8 Å². The van der Waals surface area contributed by atoms with E-state index >= 15 is 0 Å². The number of aliphatic imine (C=N–C) groups is 1. The lowest BCUT2D eigenvalue weighted by molar-refractivity contribution is -0.144. The summed E-state index contributed by atoms with van der Waals surface area (Å²) >= 11 is 0. The average Bonchev–Trinajstić information content (AvgIpc) is 2.41. The monoisotopic (exact) mass is 269 g/mol. The van der Waals surface area contributed by atoms with Crippen LogP contribution in [0.5, 0.6) is 0 Å². The molecule has 0 aromatic rings. The smallest absolute Gasteiger partial charge is 0.332 e. The highest BCUT2D eigenvalue weighted by Crippen LogP contribution is 2.18. The number of barbiturate groups is 1. The molecule has 4 amide bonds. The van der Waals surface area contributed by atoms with Crippen LogP contribution in [0.4, 0.5) is 4.79 Å². The molecule has 0 aromatic carbocycles. The van der Waals surface area contributed by atoms with E-state index in [-0.39, 0.29) is 6.61 Å². The molecule has 0 bridgehead atoms. The van der Waals surface area contributed by atoms with E-state index < -0.39 is 23.8 Å². The van der Waals surface area contributed by atoms with Gasteiger partial charge in [0, 0.05) is 33.0 Å². The number of aliphatic hydroxyl groups is 1. The molecule has 1 heterocycles. The Bertz CT molecular complexity index is 395. The largest absolute Gasteiger partial charge is 0.396 e. The van der Waals surface area contributed by atoms with Gasteiger partial charge >= 0.3 is 6.03 Å². The molecule has 19 heavy (non-hydrogen) atoms. The Morgan fingerprint density at radius 2 is 1.74 bits per heavy atom. The maximum absolute atomic E-state index is 12.1. The van der Waals surface area contributed by atoms with Crippen molar-refractivity contribution in [3.05, 3.63) is 0 Å². The van der Waals surface area contributed by atoms with Crippen LogP contribution in [0.15, 0.2) is 4.99 Å². The molecule has 7 nitrogen and oxygen atoms in total. The zero-order valence-corrected chi connectivity index (χ0v) is 11.4. The van der Waals surface area contributed by atoms with Gasteiger partial charge in [0.05, 0.1) is 0 Å². The third-order valence-corrected chi connectivity index (χ3v) is 3.06. The highest BCUT2D eigenvalue weighted by Gasteiger charge is 2.44. The van der Waals surface area contributed by atoms with E-state index in [9.17, 15) is 14.4 Å². The molecule has 1 aliphatic rings. The maximum Gasteiger partial charge on any atom is 0.332 e. The first-order chi connectivity index (χ1) is 8.95. The summed E-state index contributed by atoms with van der Waals surface area (Å²) in [5.41, 5.74) is 0.453. The zero-order chi connectivity index (χ0) is 14.6. The summed E-state index contributed by atoms with van der Waals surface area (Å²) in [6, 6.07) is -0.628. The molecule has 1 aliphatic heterocycles. The predicted octanol–water partition coefficient (Wildman–Crippen LogP) is -0.114. The third kappa shape index (κ3) is 2.98. The van der Waals surface area contributed by atoms with E-state index in [1.165, 1.54) is 14.1 Å². The van der Waals surface area contributed by atoms with Crippen molar-refractivity contribution in [1.29, 1.82) is 0 Å². The fraction of sp³-hybridized carbons (Fsp3) is 0.667. The molecule has 0 aromatic heterocycles. The minimum absolute atomic E-state index is 0.00530. The van der Waals surface area contributed by atoms with E-state index in [2.05, 4.69) is 4.99 Å². The first-order valence-corrected chi connectivity index (χ1v) is 6.18. The Morgan fingerprint density at radius 1 is 1.21 bits per heavy atom. The number of rotatable bonds is 5. The first-order valence-electron chi connectivity index (χ1n) is 6.18. The Hall–Kier alpha value is -1.76. The first kappa shape index (κ1) is 15.3. The summed E-state index contributed by atoms with van der Waals surface area (Å²) in [7, 11) is 2.70. The van der Waals surface area contributed by atoms with E-state index in [1.807, 2.05) is 0 Å². The Balaban J connectivity index is 3.01. The summed E-state index contributed by atoms with van der Waals surface area (Å²) in [5.74, 6) is -2.10. The van der Waals surface area contributed by atoms with E-state index in [0.29, 0.717) is 25.1 Å². The molecule has 0 atom stereocenters. The second-order valence-corrected chi connectivity index (χ2v) is 4.31. The van der Waals surface area contributed by atoms with Crippen LogP contribution < -0.4 is 0 Å². The normalized spacial score (nSPS) is 18.5. The molecule has 7 heteroatoms. The number of imide groups is 2. The summed E-state index contributed by atoms with van der Waals surface area (Å²) in [5, 5.41) is 8.72. The second kappa shape index (κ2) is 6.42. The van der Waals surface area contributed by atoms with Crippen LogP contribution in [0.1, 0.15) is 19.8 Å². The summed E-state index contributed by atoms with van der Waals surface area (Å²) in [6.07, 6.45) is 0.923. The number of urea groups is 1. The van der Waals surface area contributed by atoms with Gasteiger partial charge in [-0.3, -0.25) is 24.4 Å².